The molecule has 0 atom stereocenters. The molecule has 24 heavy (non-hydrogen) atoms. The summed E-state index contributed by atoms with van der Waals surface area (Å²) in [5.41, 5.74) is 2.63. The van der Waals surface area contributed by atoms with Gasteiger partial charge in [-0.25, -0.2) is 0 Å². The fourth-order valence-corrected chi connectivity index (χ4v) is 3.37. The molecule has 0 saturated carbocycles. The second kappa shape index (κ2) is 7.99. The summed E-state index contributed by atoms with van der Waals surface area (Å²) in [4.78, 5) is 6.82. The number of nitrogens with zero attached hydrogens (tertiary/aromatic N) is 4. The number of likely N-dealkylation sites (tertiary alicyclic amines) is 1. The number of benzene rings is 1. The molecule has 1 saturated heterocycles. The van der Waals surface area contributed by atoms with Crippen LogP contribution in [0.15, 0.2) is 47.7 Å². The molecule has 1 aliphatic heterocycles. The largest absolute Gasteiger partial charge is 0.352 e. The van der Waals surface area contributed by atoms with E-state index in [0.717, 1.165) is 31.5 Å². The van der Waals surface area contributed by atoms with Gasteiger partial charge in [0.15, 0.2) is 5.96 Å². The van der Waals surface area contributed by atoms with Gasteiger partial charge in [0.05, 0.1) is 6.20 Å². The predicted molar refractivity (Wildman–Crippen MR) is 97.8 cm³/mol. The molecule has 1 N–H and O–H groups in total. The van der Waals surface area contributed by atoms with E-state index < -0.39 is 0 Å². The lowest BCUT2D eigenvalue weighted by Crippen LogP contribution is -2.45. The van der Waals surface area contributed by atoms with E-state index in [9.17, 15) is 0 Å². The third kappa shape index (κ3) is 4.37. The van der Waals surface area contributed by atoms with Gasteiger partial charge in [0.1, 0.15) is 0 Å². The first-order valence-electron chi connectivity index (χ1n) is 8.71. The molecule has 2 heterocycles. The normalized spacial score (nSPS) is 16.4. The van der Waals surface area contributed by atoms with Crippen molar-refractivity contribution in [1.29, 1.82) is 0 Å². The summed E-state index contributed by atoms with van der Waals surface area (Å²) >= 11 is 0. The highest BCUT2D eigenvalue weighted by Crippen LogP contribution is 2.21. The summed E-state index contributed by atoms with van der Waals surface area (Å²) in [5.74, 6) is 1.78. The minimum atomic E-state index is 0.768. The lowest BCUT2D eigenvalue weighted by atomic mass is 9.90. The molecule has 128 valence electrons. The molecule has 1 aromatic carbocycles. The van der Waals surface area contributed by atoms with Crippen molar-refractivity contribution in [2.24, 2.45) is 18.0 Å². The number of aryl methyl sites for hydroxylation is 1. The van der Waals surface area contributed by atoms with E-state index in [0.29, 0.717) is 0 Å². The smallest absolute Gasteiger partial charge is 0.193 e. The van der Waals surface area contributed by atoms with Crippen LogP contribution in [-0.2, 0) is 20.0 Å². The number of nitrogens with one attached hydrogen (secondary N) is 1. The summed E-state index contributed by atoms with van der Waals surface area (Å²) < 4.78 is 1.83. The van der Waals surface area contributed by atoms with Crippen LogP contribution in [0.1, 0.15) is 24.0 Å². The molecule has 3 rings (SSSR count). The van der Waals surface area contributed by atoms with E-state index in [-0.39, 0.29) is 0 Å². The van der Waals surface area contributed by atoms with Crippen LogP contribution < -0.4 is 5.32 Å². The van der Waals surface area contributed by atoms with Gasteiger partial charge in [-0.05, 0) is 30.7 Å². The van der Waals surface area contributed by atoms with Gasteiger partial charge in [0.25, 0.3) is 0 Å². The second-order valence-corrected chi connectivity index (χ2v) is 6.54. The van der Waals surface area contributed by atoms with Crippen molar-refractivity contribution in [3.63, 3.8) is 0 Å². The van der Waals surface area contributed by atoms with Gasteiger partial charge >= 0.3 is 0 Å². The lowest BCUT2D eigenvalue weighted by Gasteiger charge is -2.34. The minimum Gasteiger partial charge on any atom is -0.352 e. The number of aromatic nitrogens is 2. The van der Waals surface area contributed by atoms with Gasteiger partial charge in [0, 0.05) is 45.5 Å². The van der Waals surface area contributed by atoms with Crippen LogP contribution >= 0.6 is 0 Å². The average molecular weight is 325 g/mol. The van der Waals surface area contributed by atoms with Crippen LogP contribution in [0.3, 0.4) is 0 Å². The van der Waals surface area contributed by atoms with Crippen LogP contribution in [0.4, 0.5) is 0 Å². The van der Waals surface area contributed by atoms with E-state index in [4.69, 9.17) is 0 Å². The molecule has 5 nitrogen and oxygen atoms in total. The van der Waals surface area contributed by atoms with Crippen molar-refractivity contribution < 1.29 is 0 Å². The van der Waals surface area contributed by atoms with Crippen LogP contribution in [0.25, 0.3) is 0 Å². The maximum Gasteiger partial charge on any atom is 0.193 e. The van der Waals surface area contributed by atoms with Crippen LogP contribution in [0.2, 0.25) is 0 Å². The Morgan fingerprint density at radius 2 is 1.96 bits per heavy atom. The number of rotatable bonds is 4. The number of hydrogen-bond acceptors (Lipinski definition) is 2. The number of aliphatic imine (C=N–C) groups is 1. The fraction of sp³-hybridized carbons (Fsp3) is 0.474. The first-order valence-corrected chi connectivity index (χ1v) is 8.71. The van der Waals surface area contributed by atoms with Crippen molar-refractivity contribution in [3.8, 4) is 0 Å². The standard InChI is InChI=1S/C19H27N5/c1-20-19(21-13-18-14-22-23(2)15-18)24-10-8-17(9-11-24)12-16-6-4-3-5-7-16/h3-7,14-15,17H,8-13H2,1-2H3,(H,20,21). The molecule has 0 spiro atoms. The molecule has 0 radical (unpaired) electrons. The predicted octanol–water partition coefficient (Wildman–Crippen LogP) is 2.45. The minimum absolute atomic E-state index is 0.768. The molecule has 0 amide bonds. The Hall–Kier alpha value is -2.30. The molecule has 2 aromatic rings. The van der Waals surface area contributed by atoms with Gasteiger partial charge in [-0.1, -0.05) is 30.3 Å². The highest BCUT2D eigenvalue weighted by atomic mass is 15.3. The SMILES string of the molecule is CN=C(NCc1cnn(C)c1)N1CCC(Cc2ccccc2)CC1. The first-order chi connectivity index (χ1) is 11.7. The molecule has 1 fully saturated rings. The van der Waals surface area contributed by atoms with E-state index in [1.54, 1.807) is 0 Å². The highest BCUT2D eigenvalue weighted by Gasteiger charge is 2.21. The van der Waals surface area contributed by atoms with E-state index in [1.165, 1.54) is 30.4 Å². The summed E-state index contributed by atoms with van der Waals surface area (Å²) in [6, 6.07) is 10.8. The molecular formula is C19H27N5. The zero-order valence-corrected chi connectivity index (χ0v) is 14.7. The Labute approximate surface area is 144 Å². The zero-order chi connectivity index (χ0) is 16.8. The molecule has 0 unspecified atom stereocenters. The van der Waals surface area contributed by atoms with Gasteiger partial charge in [-0.2, -0.15) is 5.10 Å². The van der Waals surface area contributed by atoms with Crippen molar-refractivity contribution in [2.75, 3.05) is 20.1 Å². The molecular weight excluding hydrogens is 298 g/mol. The van der Waals surface area contributed by atoms with E-state index >= 15 is 0 Å². The lowest BCUT2D eigenvalue weighted by molar-refractivity contribution is 0.259. The fourth-order valence-electron chi connectivity index (χ4n) is 3.37. The van der Waals surface area contributed by atoms with Gasteiger partial charge in [0.2, 0.25) is 0 Å². The van der Waals surface area contributed by atoms with Crippen molar-refractivity contribution in [3.05, 3.63) is 53.9 Å². The number of hydrogen-bond donors (Lipinski definition) is 1. The van der Waals surface area contributed by atoms with Gasteiger partial charge in [-0.3, -0.25) is 9.67 Å². The zero-order valence-electron chi connectivity index (χ0n) is 14.7. The quantitative estimate of drug-likeness (QED) is 0.694. The number of piperidine rings is 1. The summed E-state index contributed by atoms with van der Waals surface area (Å²) in [6.45, 7) is 2.92. The van der Waals surface area contributed by atoms with Crippen LogP contribution in [-0.4, -0.2) is 40.8 Å². The average Bonchev–Trinajstić information content (AvgIpc) is 3.03. The monoisotopic (exact) mass is 325 g/mol. The molecule has 0 aliphatic carbocycles. The van der Waals surface area contributed by atoms with Crippen LogP contribution in [0, 0.1) is 5.92 Å². The molecule has 0 bridgehead atoms. The third-order valence-electron chi connectivity index (χ3n) is 4.70. The molecule has 1 aromatic heterocycles. The maximum atomic E-state index is 4.45. The number of guanidine groups is 1. The van der Waals surface area contributed by atoms with Crippen molar-refractivity contribution >= 4 is 5.96 Å². The Morgan fingerprint density at radius 1 is 1.21 bits per heavy atom. The van der Waals surface area contributed by atoms with E-state index in [1.807, 2.05) is 31.2 Å². The summed E-state index contributed by atoms with van der Waals surface area (Å²) in [6.07, 6.45) is 7.57. The summed E-state index contributed by atoms with van der Waals surface area (Å²) in [5, 5.41) is 7.66. The Morgan fingerprint density at radius 3 is 2.58 bits per heavy atom. The molecule has 1 aliphatic rings. The maximum absolute atomic E-state index is 4.45. The Balaban J connectivity index is 1.47. The van der Waals surface area contributed by atoms with Gasteiger partial charge < -0.3 is 10.2 Å². The first kappa shape index (κ1) is 16.6. The van der Waals surface area contributed by atoms with E-state index in [2.05, 4.69) is 50.6 Å². The van der Waals surface area contributed by atoms with Crippen LogP contribution in [0.5, 0.6) is 0 Å². The topological polar surface area (TPSA) is 45.5 Å². The van der Waals surface area contributed by atoms with Crippen molar-refractivity contribution in [2.45, 2.75) is 25.8 Å². The van der Waals surface area contributed by atoms with Gasteiger partial charge in [-0.15, -0.1) is 0 Å². The molecule has 5 heteroatoms. The Kier molecular flexibility index (Phi) is 5.51. The van der Waals surface area contributed by atoms with Crippen molar-refractivity contribution in [1.82, 2.24) is 20.0 Å². The Bertz CT molecular complexity index is 653. The second-order valence-electron chi connectivity index (χ2n) is 6.54. The summed E-state index contributed by atoms with van der Waals surface area (Å²) in [7, 11) is 3.80. The third-order valence-corrected chi connectivity index (χ3v) is 4.70. The highest BCUT2D eigenvalue weighted by molar-refractivity contribution is 5.79.